The number of piperidine rings is 1. The van der Waals surface area contributed by atoms with E-state index in [2.05, 4.69) is 11.8 Å². The second-order valence-corrected chi connectivity index (χ2v) is 5.48. The normalized spacial score (nSPS) is 21.4. The van der Waals surface area contributed by atoms with E-state index in [1.165, 1.54) is 19.3 Å². The predicted molar refractivity (Wildman–Crippen MR) is 79.4 cm³/mol. The number of aliphatic hydroxyl groups is 1. The van der Waals surface area contributed by atoms with Crippen LogP contribution >= 0.6 is 0 Å². The zero-order valence-electron chi connectivity index (χ0n) is 12.4. The van der Waals surface area contributed by atoms with E-state index < -0.39 is 6.10 Å². The van der Waals surface area contributed by atoms with Crippen LogP contribution in [0.3, 0.4) is 0 Å². The smallest absolute Gasteiger partial charge is 0.123 e. The van der Waals surface area contributed by atoms with Crippen molar-refractivity contribution >= 4 is 0 Å². The Morgan fingerprint density at radius 1 is 1.35 bits per heavy atom. The van der Waals surface area contributed by atoms with E-state index in [0.29, 0.717) is 19.2 Å². The molecule has 0 aliphatic carbocycles. The van der Waals surface area contributed by atoms with Crippen molar-refractivity contribution < 1.29 is 14.6 Å². The van der Waals surface area contributed by atoms with Crippen LogP contribution in [0.2, 0.25) is 0 Å². The minimum atomic E-state index is -0.457. The highest BCUT2D eigenvalue weighted by Gasteiger charge is 2.20. The summed E-state index contributed by atoms with van der Waals surface area (Å²) in [6, 6.07) is 8.02. The monoisotopic (exact) mass is 279 g/mol. The molecule has 0 spiro atoms. The SMILES string of the molecule is COc1cccc(OC[C@H](O)CN2CCCC[C@H]2C)c1. The maximum Gasteiger partial charge on any atom is 0.123 e. The lowest BCUT2D eigenvalue weighted by Crippen LogP contribution is -2.43. The standard InChI is InChI=1S/C16H25NO3/c1-13-6-3-4-9-17(13)11-14(18)12-20-16-8-5-7-15(10-16)19-2/h5,7-8,10,13-14,18H,3-4,6,9,11-12H2,1-2H3/t13-,14-/m1/s1. The topological polar surface area (TPSA) is 41.9 Å². The molecule has 1 aromatic rings. The number of hydrogen-bond donors (Lipinski definition) is 1. The first-order valence-electron chi connectivity index (χ1n) is 7.38. The zero-order valence-corrected chi connectivity index (χ0v) is 12.4. The van der Waals surface area contributed by atoms with Crippen LogP contribution in [0.4, 0.5) is 0 Å². The number of aliphatic hydroxyl groups excluding tert-OH is 1. The van der Waals surface area contributed by atoms with E-state index in [4.69, 9.17) is 9.47 Å². The fourth-order valence-corrected chi connectivity index (χ4v) is 2.64. The summed E-state index contributed by atoms with van der Waals surface area (Å²) in [5.74, 6) is 1.50. The van der Waals surface area contributed by atoms with Gasteiger partial charge in [-0.25, -0.2) is 0 Å². The lowest BCUT2D eigenvalue weighted by atomic mass is 10.0. The van der Waals surface area contributed by atoms with E-state index >= 15 is 0 Å². The van der Waals surface area contributed by atoms with Gasteiger partial charge in [-0.1, -0.05) is 12.5 Å². The number of likely N-dealkylation sites (tertiary alicyclic amines) is 1. The van der Waals surface area contributed by atoms with Crippen LogP contribution in [0.25, 0.3) is 0 Å². The summed E-state index contributed by atoms with van der Waals surface area (Å²) in [5.41, 5.74) is 0. The summed E-state index contributed by atoms with van der Waals surface area (Å²) in [6.45, 7) is 4.31. The number of benzene rings is 1. The Balaban J connectivity index is 1.77. The Labute approximate surface area is 121 Å². The molecule has 1 aliphatic heterocycles. The fourth-order valence-electron chi connectivity index (χ4n) is 2.64. The summed E-state index contributed by atoms with van der Waals surface area (Å²) in [5, 5.41) is 10.1. The highest BCUT2D eigenvalue weighted by molar-refractivity contribution is 5.32. The van der Waals surface area contributed by atoms with Crippen LogP contribution in [0.5, 0.6) is 11.5 Å². The molecule has 2 rings (SSSR count). The van der Waals surface area contributed by atoms with E-state index in [9.17, 15) is 5.11 Å². The second-order valence-electron chi connectivity index (χ2n) is 5.48. The van der Waals surface area contributed by atoms with Crippen molar-refractivity contribution in [2.45, 2.75) is 38.3 Å². The van der Waals surface area contributed by atoms with Crippen molar-refractivity contribution in [1.82, 2.24) is 4.90 Å². The number of hydrogen-bond acceptors (Lipinski definition) is 4. The van der Waals surface area contributed by atoms with Crippen molar-refractivity contribution in [2.75, 3.05) is 26.8 Å². The first-order chi connectivity index (χ1) is 9.69. The second kappa shape index (κ2) is 7.50. The van der Waals surface area contributed by atoms with E-state index in [0.717, 1.165) is 18.0 Å². The maximum absolute atomic E-state index is 10.1. The van der Waals surface area contributed by atoms with Gasteiger partial charge in [0.25, 0.3) is 0 Å². The van der Waals surface area contributed by atoms with Crippen molar-refractivity contribution in [3.8, 4) is 11.5 Å². The Bertz CT molecular complexity index is 410. The van der Waals surface area contributed by atoms with Crippen molar-refractivity contribution in [3.05, 3.63) is 24.3 Å². The van der Waals surface area contributed by atoms with Crippen LogP contribution in [-0.4, -0.2) is 49.0 Å². The number of nitrogens with zero attached hydrogens (tertiary/aromatic N) is 1. The van der Waals surface area contributed by atoms with Crippen LogP contribution in [0.15, 0.2) is 24.3 Å². The average Bonchev–Trinajstić information content (AvgIpc) is 2.48. The van der Waals surface area contributed by atoms with Gasteiger partial charge in [0.15, 0.2) is 0 Å². The summed E-state index contributed by atoms with van der Waals surface area (Å²) in [4.78, 5) is 2.35. The number of rotatable bonds is 6. The number of ether oxygens (including phenoxy) is 2. The molecule has 4 heteroatoms. The Hall–Kier alpha value is -1.26. The van der Waals surface area contributed by atoms with Crippen LogP contribution < -0.4 is 9.47 Å². The molecular weight excluding hydrogens is 254 g/mol. The molecule has 20 heavy (non-hydrogen) atoms. The molecule has 1 N–H and O–H groups in total. The third-order valence-corrected chi connectivity index (χ3v) is 3.87. The first kappa shape index (κ1) is 15.1. The maximum atomic E-state index is 10.1. The quantitative estimate of drug-likeness (QED) is 0.867. The van der Waals surface area contributed by atoms with Crippen molar-refractivity contribution in [3.63, 3.8) is 0 Å². The molecular formula is C16H25NO3. The molecule has 1 heterocycles. The minimum Gasteiger partial charge on any atom is -0.497 e. The molecule has 1 saturated heterocycles. The van der Waals surface area contributed by atoms with E-state index in [1.54, 1.807) is 7.11 Å². The van der Waals surface area contributed by atoms with E-state index in [1.807, 2.05) is 24.3 Å². The lowest BCUT2D eigenvalue weighted by molar-refractivity contribution is 0.0437. The Morgan fingerprint density at radius 3 is 2.90 bits per heavy atom. The van der Waals surface area contributed by atoms with E-state index in [-0.39, 0.29) is 0 Å². The van der Waals surface area contributed by atoms with Gasteiger partial charge in [0, 0.05) is 18.7 Å². The third-order valence-electron chi connectivity index (χ3n) is 3.87. The van der Waals surface area contributed by atoms with Crippen molar-refractivity contribution in [2.24, 2.45) is 0 Å². The molecule has 0 bridgehead atoms. The lowest BCUT2D eigenvalue weighted by Gasteiger charge is -2.34. The van der Waals surface area contributed by atoms with Gasteiger partial charge in [-0.2, -0.15) is 0 Å². The average molecular weight is 279 g/mol. The zero-order chi connectivity index (χ0) is 14.4. The first-order valence-corrected chi connectivity index (χ1v) is 7.38. The van der Waals surface area contributed by atoms with Crippen molar-refractivity contribution in [1.29, 1.82) is 0 Å². The molecule has 0 unspecified atom stereocenters. The van der Waals surface area contributed by atoms with Gasteiger partial charge in [-0.05, 0) is 38.4 Å². The highest BCUT2D eigenvalue weighted by Crippen LogP contribution is 2.20. The van der Waals surface area contributed by atoms with Gasteiger partial charge in [-0.3, -0.25) is 4.90 Å². The van der Waals surface area contributed by atoms with Crippen LogP contribution in [-0.2, 0) is 0 Å². The summed E-state index contributed by atoms with van der Waals surface area (Å²) in [7, 11) is 1.63. The highest BCUT2D eigenvalue weighted by atomic mass is 16.5. The molecule has 0 saturated carbocycles. The fraction of sp³-hybridized carbons (Fsp3) is 0.625. The summed E-state index contributed by atoms with van der Waals surface area (Å²) < 4.78 is 10.8. The minimum absolute atomic E-state index is 0.316. The predicted octanol–water partition coefficient (Wildman–Crippen LogP) is 2.31. The van der Waals surface area contributed by atoms with Crippen LogP contribution in [0, 0.1) is 0 Å². The Kier molecular flexibility index (Phi) is 5.68. The molecule has 4 nitrogen and oxygen atoms in total. The summed E-state index contributed by atoms with van der Waals surface area (Å²) in [6.07, 6.45) is 3.30. The molecule has 0 radical (unpaired) electrons. The molecule has 0 amide bonds. The summed E-state index contributed by atoms with van der Waals surface area (Å²) >= 11 is 0. The largest absolute Gasteiger partial charge is 0.497 e. The van der Waals surface area contributed by atoms with Crippen LogP contribution in [0.1, 0.15) is 26.2 Å². The van der Waals surface area contributed by atoms with Gasteiger partial charge in [0.2, 0.25) is 0 Å². The molecule has 2 atom stereocenters. The van der Waals surface area contributed by atoms with Gasteiger partial charge in [0.1, 0.15) is 24.2 Å². The molecule has 0 aromatic heterocycles. The molecule has 1 aliphatic rings. The van der Waals surface area contributed by atoms with Gasteiger partial charge < -0.3 is 14.6 Å². The number of methoxy groups -OCH3 is 1. The molecule has 1 fully saturated rings. The molecule has 112 valence electrons. The van der Waals surface area contributed by atoms with Gasteiger partial charge in [0.05, 0.1) is 7.11 Å². The Morgan fingerprint density at radius 2 is 2.15 bits per heavy atom. The third kappa shape index (κ3) is 4.39. The molecule has 1 aromatic carbocycles. The van der Waals surface area contributed by atoms with Gasteiger partial charge in [-0.15, -0.1) is 0 Å². The number of β-amino-alcohol motifs (C(OH)–C–C–N with tert-alkyl or cyclic N) is 1. The van der Waals surface area contributed by atoms with Gasteiger partial charge >= 0.3 is 0 Å².